The molecule has 2 N–H and O–H groups in total. The molecule has 0 aliphatic carbocycles. The van der Waals surface area contributed by atoms with Gasteiger partial charge in [0, 0.05) is 24.6 Å². The first-order valence-electron chi connectivity index (χ1n) is 9.48. The van der Waals surface area contributed by atoms with Gasteiger partial charge in [0.1, 0.15) is 18.1 Å². The first-order valence-corrected chi connectivity index (χ1v) is 9.48. The van der Waals surface area contributed by atoms with E-state index in [1.54, 1.807) is 6.07 Å². The standard InChI is InChI=1S/C20H26FN3O3/c1-12-10-14-15(18(21)17(12)13-5-7-23-8-6-13)11-24(20(14)27)16(4-3-9-25)19(26)22-2/h9-10,13,16,23H,3-8,11H2,1-2H3,(H,22,26). The highest BCUT2D eigenvalue weighted by Gasteiger charge is 2.39. The lowest BCUT2D eigenvalue weighted by Gasteiger charge is -2.26. The number of benzene rings is 1. The zero-order chi connectivity index (χ0) is 19.6. The van der Waals surface area contributed by atoms with Crippen molar-refractivity contribution in [1.29, 1.82) is 0 Å². The van der Waals surface area contributed by atoms with Crippen molar-refractivity contribution in [3.8, 4) is 0 Å². The van der Waals surface area contributed by atoms with Crippen molar-refractivity contribution in [1.82, 2.24) is 15.5 Å². The Labute approximate surface area is 158 Å². The summed E-state index contributed by atoms with van der Waals surface area (Å²) in [5.41, 5.74) is 2.20. The second kappa shape index (κ2) is 8.17. The van der Waals surface area contributed by atoms with Gasteiger partial charge in [-0.05, 0) is 62.4 Å². The van der Waals surface area contributed by atoms with Gasteiger partial charge < -0.3 is 20.3 Å². The number of likely N-dealkylation sites (N-methyl/N-ethyl adjacent to an activating group) is 1. The molecule has 2 amide bonds. The molecule has 1 aromatic carbocycles. The fourth-order valence-corrected chi connectivity index (χ4v) is 4.26. The Bertz CT molecular complexity index is 759. The van der Waals surface area contributed by atoms with Crippen molar-refractivity contribution in [2.75, 3.05) is 20.1 Å². The number of amides is 2. The number of nitrogens with zero attached hydrogens (tertiary/aromatic N) is 1. The number of rotatable bonds is 6. The van der Waals surface area contributed by atoms with Gasteiger partial charge in [-0.1, -0.05) is 0 Å². The Morgan fingerprint density at radius 2 is 2.15 bits per heavy atom. The molecule has 0 aromatic heterocycles. The Morgan fingerprint density at radius 1 is 1.44 bits per heavy atom. The average Bonchev–Trinajstić information content (AvgIpc) is 3.00. The quantitative estimate of drug-likeness (QED) is 0.741. The van der Waals surface area contributed by atoms with Crippen LogP contribution in [0.2, 0.25) is 0 Å². The van der Waals surface area contributed by atoms with Crippen LogP contribution in [-0.4, -0.2) is 49.2 Å². The highest BCUT2D eigenvalue weighted by Crippen LogP contribution is 2.37. The summed E-state index contributed by atoms with van der Waals surface area (Å²) in [6.07, 6.45) is 2.86. The van der Waals surface area contributed by atoms with Gasteiger partial charge in [-0.15, -0.1) is 0 Å². The number of aldehydes is 1. The third-order valence-corrected chi connectivity index (χ3v) is 5.66. The van der Waals surface area contributed by atoms with Crippen molar-refractivity contribution in [2.24, 2.45) is 0 Å². The van der Waals surface area contributed by atoms with E-state index in [0.717, 1.165) is 37.8 Å². The molecule has 2 aliphatic heterocycles. The van der Waals surface area contributed by atoms with Crippen molar-refractivity contribution < 1.29 is 18.8 Å². The van der Waals surface area contributed by atoms with E-state index < -0.39 is 6.04 Å². The monoisotopic (exact) mass is 375 g/mol. The van der Waals surface area contributed by atoms with E-state index in [9.17, 15) is 14.4 Å². The van der Waals surface area contributed by atoms with Crippen LogP contribution >= 0.6 is 0 Å². The van der Waals surface area contributed by atoms with Crippen LogP contribution < -0.4 is 10.6 Å². The zero-order valence-electron chi connectivity index (χ0n) is 15.8. The number of aryl methyl sites for hydroxylation is 1. The van der Waals surface area contributed by atoms with Gasteiger partial charge in [-0.3, -0.25) is 9.59 Å². The van der Waals surface area contributed by atoms with E-state index in [2.05, 4.69) is 10.6 Å². The topological polar surface area (TPSA) is 78.5 Å². The number of piperidine rings is 1. The van der Waals surface area contributed by atoms with Crippen molar-refractivity contribution in [2.45, 2.75) is 51.1 Å². The van der Waals surface area contributed by atoms with Gasteiger partial charge >= 0.3 is 0 Å². The molecule has 1 aromatic rings. The number of carbonyl (C=O) groups is 3. The average molecular weight is 375 g/mol. The SMILES string of the molecule is CNC(=O)C(CCC=O)N1Cc2c(cc(C)c(C3CCNCC3)c2F)C1=O. The van der Waals surface area contributed by atoms with Crippen LogP contribution in [0.5, 0.6) is 0 Å². The number of fused-ring (bicyclic) bond motifs is 1. The summed E-state index contributed by atoms with van der Waals surface area (Å²) < 4.78 is 15.4. The van der Waals surface area contributed by atoms with Gasteiger partial charge in [-0.2, -0.15) is 0 Å². The molecule has 3 rings (SSSR count). The molecule has 0 spiro atoms. The third-order valence-electron chi connectivity index (χ3n) is 5.66. The molecular formula is C20H26FN3O3. The van der Waals surface area contributed by atoms with Gasteiger partial charge in [0.15, 0.2) is 0 Å². The van der Waals surface area contributed by atoms with Crippen molar-refractivity contribution in [3.63, 3.8) is 0 Å². The number of hydrogen-bond donors (Lipinski definition) is 2. The van der Waals surface area contributed by atoms with Gasteiger partial charge in [0.25, 0.3) is 5.91 Å². The minimum absolute atomic E-state index is 0.0647. The molecule has 0 radical (unpaired) electrons. The predicted molar refractivity (Wildman–Crippen MR) is 99.0 cm³/mol. The molecule has 0 bridgehead atoms. The minimum Gasteiger partial charge on any atom is -0.357 e. The fraction of sp³-hybridized carbons (Fsp3) is 0.550. The Balaban J connectivity index is 1.95. The molecule has 1 unspecified atom stereocenters. The highest BCUT2D eigenvalue weighted by molar-refractivity contribution is 6.01. The normalized spacial score (nSPS) is 18.3. The Morgan fingerprint density at radius 3 is 2.78 bits per heavy atom. The summed E-state index contributed by atoms with van der Waals surface area (Å²) in [6, 6.07) is 0.987. The summed E-state index contributed by atoms with van der Waals surface area (Å²) >= 11 is 0. The van der Waals surface area contributed by atoms with Crippen LogP contribution in [0.1, 0.15) is 58.6 Å². The molecule has 7 heteroatoms. The lowest BCUT2D eigenvalue weighted by molar-refractivity contribution is -0.125. The second-order valence-corrected chi connectivity index (χ2v) is 7.28. The van der Waals surface area contributed by atoms with E-state index in [1.165, 1.54) is 11.9 Å². The van der Waals surface area contributed by atoms with E-state index >= 15 is 4.39 Å². The highest BCUT2D eigenvalue weighted by atomic mass is 19.1. The van der Waals surface area contributed by atoms with Crippen LogP contribution in [0.3, 0.4) is 0 Å². The predicted octanol–water partition coefficient (Wildman–Crippen LogP) is 1.65. The molecule has 146 valence electrons. The van der Waals surface area contributed by atoms with E-state index in [1.807, 2.05) is 6.92 Å². The summed E-state index contributed by atoms with van der Waals surface area (Å²) in [5.74, 6) is -0.846. The molecule has 2 aliphatic rings. The van der Waals surface area contributed by atoms with Crippen LogP contribution in [0.4, 0.5) is 4.39 Å². The molecule has 1 atom stereocenters. The lowest BCUT2D eigenvalue weighted by Crippen LogP contribution is -2.46. The second-order valence-electron chi connectivity index (χ2n) is 7.28. The minimum atomic E-state index is -0.776. The smallest absolute Gasteiger partial charge is 0.255 e. The molecule has 6 nitrogen and oxygen atoms in total. The molecule has 1 fully saturated rings. The molecule has 0 saturated carbocycles. The maximum Gasteiger partial charge on any atom is 0.255 e. The first kappa shape index (κ1) is 19.5. The van der Waals surface area contributed by atoms with Crippen LogP contribution in [-0.2, 0) is 16.1 Å². The van der Waals surface area contributed by atoms with Crippen molar-refractivity contribution >= 4 is 18.1 Å². The molecule has 2 heterocycles. The zero-order valence-corrected chi connectivity index (χ0v) is 15.8. The van der Waals surface area contributed by atoms with Crippen LogP contribution in [0.15, 0.2) is 6.07 Å². The third kappa shape index (κ3) is 3.60. The lowest BCUT2D eigenvalue weighted by atomic mass is 9.85. The maximum atomic E-state index is 15.4. The Kier molecular flexibility index (Phi) is 5.89. The van der Waals surface area contributed by atoms with Crippen LogP contribution in [0, 0.1) is 12.7 Å². The van der Waals surface area contributed by atoms with E-state index in [4.69, 9.17) is 0 Å². The maximum absolute atomic E-state index is 15.4. The van der Waals surface area contributed by atoms with Gasteiger partial charge in [0.2, 0.25) is 5.91 Å². The van der Waals surface area contributed by atoms with E-state index in [0.29, 0.717) is 16.7 Å². The number of nitrogens with one attached hydrogen (secondary N) is 2. The molecule has 27 heavy (non-hydrogen) atoms. The Hall–Kier alpha value is -2.28. The number of halogens is 1. The largest absolute Gasteiger partial charge is 0.357 e. The van der Waals surface area contributed by atoms with Crippen LogP contribution in [0.25, 0.3) is 0 Å². The summed E-state index contributed by atoms with van der Waals surface area (Å²) in [5, 5.41) is 5.82. The van der Waals surface area contributed by atoms with Gasteiger partial charge in [0.05, 0.1) is 6.54 Å². The van der Waals surface area contributed by atoms with Gasteiger partial charge in [-0.25, -0.2) is 4.39 Å². The molecule has 1 saturated heterocycles. The first-order chi connectivity index (χ1) is 13.0. The number of carbonyl (C=O) groups excluding carboxylic acids is 3. The number of hydrogen-bond acceptors (Lipinski definition) is 4. The molecular weight excluding hydrogens is 349 g/mol. The summed E-state index contributed by atoms with van der Waals surface area (Å²) in [7, 11) is 1.49. The van der Waals surface area contributed by atoms with E-state index in [-0.39, 0.29) is 42.9 Å². The summed E-state index contributed by atoms with van der Waals surface area (Å²) in [6.45, 7) is 3.63. The fourth-order valence-electron chi connectivity index (χ4n) is 4.26. The summed E-state index contributed by atoms with van der Waals surface area (Å²) in [4.78, 5) is 37.3. The van der Waals surface area contributed by atoms with Crippen molar-refractivity contribution in [3.05, 3.63) is 34.1 Å².